The van der Waals surface area contributed by atoms with Crippen LogP contribution in [0.2, 0.25) is 5.02 Å². The number of benzene rings is 1. The maximum Gasteiger partial charge on any atom is 0.0855 e. The quantitative estimate of drug-likeness (QED) is 0.730. The predicted octanol–water partition coefficient (Wildman–Crippen LogP) is 2.96. The summed E-state index contributed by atoms with van der Waals surface area (Å²) in [5.74, 6) is 0. The Bertz CT molecular complexity index is 354. The molecule has 0 spiro atoms. The number of fused-ring (bicyclic) bond motifs is 2. The van der Waals surface area contributed by atoms with Crippen LogP contribution >= 0.6 is 11.6 Å². The molecule has 2 aliphatic heterocycles. The molecule has 0 saturated carbocycles. The van der Waals surface area contributed by atoms with Crippen LogP contribution in [0.5, 0.6) is 0 Å². The Hall–Kier alpha value is -0.570. The molecule has 2 saturated heterocycles. The number of ether oxygens (including phenoxy) is 2. The minimum atomic E-state index is 0.162. The highest BCUT2D eigenvalue weighted by molar-refractivity contribution is 6.30. The number of halogens is 1. The van der Waals surface area contributed by atoms with Crippen molar-refractivity contribution >= 4 is 11.6 Å². The molecule has 2 nitrogen and oxygen atoms in total. The molecule has 1 aromatic carbocycles. The molecule has 15 heavy (non-hydrogen) atoms. The van der Waals surface area contributed by atoms with Gasteiger partial charge in [0.2, 0.25) is 0 Å². The zero-order valence-corrected chi connectivity index (χ0v) is 9.11. The first-order valence-corrected chi connectivity index (χ1v) is 5.71. The first kappa shape index (κ1) is 9.64. The molecule has 3 rings (SSSR count). The van der Waals surface area contributed by atoms with Gasteiger partial charge in [-0.1, -0.05) is 23.7 Å². The predicted molar refractivity (Wildman–Crippen MR) is 58.0 cm³/mol. The maximum absolute atomic E-state index is 5.97. The molecule has 80 valence electrons. The van der Waals surface area contributed by atoms with Crippen LogP contribution < -0.4 is 0 Å². The third-order valence-corrected chi connectivity index (χ3v) is 3.33. The lowest BCUT2D eigenvalue weighted by atomic mass is 9.98. The lowest BCUT2D eigenvalue weighted by Crippen LogP contribution is -2.24. The third-order valence-electron chi connectivity index (χ3n) is 3.10. The van der Waals surface area contributed by atoms with Gasteiger partial charge in [0.25, 0.3) is 0 Å². The Balaban J connectivity index is 1.83. The van der Waals surface area contributed by atoms with Gasteiger partial charge in [0.15, 0.2) is 0 Å². The van der Waals surface area contributed by atoms with Crippen molar-refractivity contribution < 1.29 is 9.47 Å². The van der Waals surface area contributed by atoms with E-state index >= 15 is 0 Å². The molecule has 0 radical (unpaired) electrons. The van der Waals surface area contributed by atoms with E-state index in [0.29, 0.717) is 6.10 Å². The maximum atomic E-state index is 5.97. The van der Waals surface area contributed by atoms with Gasteiger partial charge >= 0.3 is 0 Å². The Kier molecular flexibility index (Phi) is 2.43. The average Bonchev–Trinajstić information content (AvgIpc) is 2.58. The van der Waals surface area contributed by atoms with E-state index in [4.69, 9.17) is 21.1 Å². The van der Waals surface area contributed by atoms with Crippen molar-refractivity contribution in [2.75, 3.05) is 6.61 Å². The number of rotatable bonds is 1. The first-order valence-electron chi connectivity index (χ1n) is 5.34. The minimum absolute atomic E-state index is 0.162. The van der Waals surface area contributed by atoms with E-state index in [1.165, 1.54) is 5.56 Å². The molecular formula is C12H13ClO2. The van der Waals surface area contributed by atoms with Gasteiger partial charge in [0, 0.05) is 17.9 Å². The summed E-state index contributed by atoms with van der Waals surface area (Å²) in [5.41, 5.74) is 1.17. The Morgan fingerprint density at radius 2 is 2.13 bits per heavy atom. The van der Waals surface area contributed by atoms with Gasteiger partial charge in [-0.05, 0) is 17.7 Å². The van der Waals surface area contributed by atoms with Gasteiger partial charge in [0.05, 0.1) is 24.9 Å². The number of hydrogen-bond acceptors (Lipinski definition) is 2. The Morgan fingerprint density at radius 3 is 2.93 bits per heavy atom. The molecule has 1 aromatic rings. The molecule has 0 aliphatic carbocycles. The molecular weight excluding hydrogens is 212 g/mol. The standard InChI is InChI=1S/C12H13ClO2/c13-9-3-1-2-8(4-9)12-6-10-5-11(15-12)7-14-10/h1-4,10-12H,5-7H2/t10-,11-,12-/m0/s1. The fraction of sp³-hybridized carbons (Fsp3) is 0.500. The van der Waals surface area contributed by atoms with Gasteiger partial charge in [-0.2, -0.15) is 0 Å². The average molecular weight is 225 g/mol. The molecule has 2 heterocycles. The summed E-state index contributed by atoms with van der Waals surface area (Å²) in [5, 5.41) is 0.773. The normalized spacial score (nSPS) is 34.3. The third kappa shape index (κ3) is 1.89. The highest BCUT2D eigenvalue weighted by Crippen LogP contribution is 2.37. The van der Waals surface area contributed by atoms with E-state index in [1.807, 2.05) is 18.2 Å². The summed E-state index contributed by atoms with van der Waals surface area (Å²) in [6.07, 6.45) is 2.84. The van der Waals surface area contributed by atoms with Crippen LogP contribution in [-0.4, -0.2) is 18.8 Å². The van der Waals surface area contributed by atoms with E-state index in [1.54, 1.807) is 0 Å². The zero-order valence-electron chi connectivity index (χ0n) is 8.36. The molecule has 2 aliphatic rings. The topological polar surface area (TPSA) is 18.5 Å². The second-order valence-corrected chi connectivity index (χ2v) is 4.66. The summed E-state index contributed by atoms with van der Waals surface area (Å²) in [7, 11) is 0. The molecule has 3 atom stereocenters. The summed E-state index contributed by atoms with van der Waals surface area (Å²) < 4.78 is 11.5. The molecule has 3 heteroatoms. The van der Waals surface area contributed by atoms with Crippen LogP contribution in [0.4, 0.5) is 0 Å². The van der Waals surface area contributed by atoms with Crippen molar-refractivity contribution in [1.82, 2.24) is 0 Å². The van der Waals surface area contributed by atoms with Crippen LogP contribution in [0.1, 0.15) is 24.5 Å². The van der Waals surface area contributed by atoms with Crippen molar-refractivity contribution in [2.24, 2.45) is 0 Å². The first-order chi connectivity index (χ1) is 7.31. The smallest absolute Gasteiger partial charge is 0.0855 e. The highest BCUT2D eigenvalue weighted by Gasteiger charge is 2.36. The van der Waals surface area contributed by atoms with Crippen molar-refractivity contribution in [2.45, 2.75) is 31.2 Å². The zero-order chi connectivity index (χ0) is 10.3. The van der Waals surface area contributed by atoms with Crippen molar-refractivity contribution in [3.63, 3.8) is 0 Å². The summed E-state index contributed by atoms with van der Waals surface area (Å²) in [6.45, 7) is 0.752. The van der Waals surface area contributed by atoms with Crippen LogP contribution in [0.15, 0.2) is 24.3 Å². The second-order valence-electron chi connectivity index (χ2n) is 4.23. The molecule has 2 fully saturated rings. The summed E-state index contributed by atoms with van der Waals surface area (Å²) >= 11 is 5.97. The Morgan fingerprint density at radius 1 is 1.20 bits per heavy atom. The van der Waals surface area contributed by atoms with Crippen molar-refractivity contribution in [1.29, 1.82) is 0 Å². The molecule has 0 unspecified atom stereocenters. The van der Waals surface area contributed by atoms with E-state index in [2.05, 4.69) is 6.07 Å². The van der Waals surface area contributed by atoms with Gasteiger partial charge in [-0.25, -0.2) is 0 Å². The summed E-state index contributed by atoms with van der Waals surface area (Å²) in [6, 6.07) is 7.91. The molecule has 0 aromatic heterocycles. The van der Waals surface area contributed by atoms with Gasteiger partial charge in [-0.3, -0.25) is 0 Å². The van der Waals surface area contributed by atoms with E-state index in [9.17, 15) is 0 Å². The summed E-state index contributed by atoms with van der Waals surface area (Å²) in [4.78, 5) is 0. The highest BCUT2D eigenvalue weighted by atomic mass is 35.5. The SMILES string of the molecule is Clc1cccc([C@@H]2C[C@@H]3C[C@@H](CO3)O2)c1. The Labute approximate surface area is 94.1 Å². The van der Waals surface area contributed by atoms with E-state index in [-0.39, 0.29) is 12.2 Å². The van der Waals surface area contributed by atoms with Crippen LogP contribution in [0.3, 0.4) is 0 Å². The van der Waals surface area contributed by atoms with E-state index < -0.39 is 0 Å². The lowest BCUT2D eigenvalue weighted by molar-refractivity contribution is -0.0313. The van der Waals surface area contributed by atoms with Crippen molar-refractivity contribution in [3.8, 4) is 0 Å². The number of hydrogen-bond donors (Lipinski definition) is 0. The minimum Gasteiger partial charge on any atom is -0.375 e. The van der Waals surface area contributed by atoms with Crippen molar-refractivity contribution in [3.05, 3.63) is 34.9 Å². The fourth-order valence-electron chi connectivity index (χ4n) is 2.38. The van der Waals surface area contributed by atoms with Crippen LogP contribution in [-0.2, 0) is 9.47 Å². The van der Waals surface area contributed by atoms with E-state index in [0.717, 1.165) is 24.5 Å². The fourth-order valence-corrected chi connectivity index (χ4v) is 2.58. The largest absolute Gasteiger partial charge is 0.375 e. The molecule has 2 bridgehead atoms. The monoisotopic (exact) mass is 224 g/mol. The second kappa shape index (κ2) is 3.78. The molecule has 0 amide bonds. The molecule has 0 N–H and O–H groups in total. The van der Waals surface area contributed by atoms with Gasteiger partial charge in [0.1, 0.15) is 0 Å². The van der Waals surface area contributed by atoms with Crippen LogP contribution in [0.25, 0.3) is 0 Å². The van der Waals surface area contributed by atoms with Gasteiger partial charge in [-0.15, -0.1) is 0 Å². The van der Waals surface area contributed by atoms with Crippen LogP contribution in [0, 0.1) is 0 Å². The lowest BCUT2D eigenvalue weighted by Gasteiger charge is -2.27. The van der Waals surface area contributed by atoms with Gasteiger partial charge < -0.3 is 9.47 Å².